The van der Waals surface area contributed by atoms with Crippen molar-refractivity contribution < 1.29 is 61.4 Å². The number of aromatic nitrogens is 4. The number of hydrogen-bond donors (Lipinski definition) is 7. The Morgan fingerprint density at radius 3 is 2.32 bits per heavy atom. The van der Waals surface area contributed by atoms with E-state index in [1.807, 2.05) is 0 Å². The molecule has 2 fully saturated rings. The van der Waals surface area contributed by atoms with Crippen LogP contribution in [0.3, 0.4) is 0 Å². The van der Waals surface area contributed by atoms with Gasteiger partial charge >= 0.3 is 23.5 Å². The summed E-state index contributed by atoms with van der Waals surface area (Å²) in [6.45, 7) is 2.01. The zero-order chi connectivity index (χ0) is 25.5. The Balaban J connectivity index is 1.57. The van der Waals surface area contributed by atoms with Crippen molar-refractivity contribution in [2.75, 3.05) is 12.3 Å². The number of nitrogens with two attached hydrogens (primary N) is 1. The van der Waals surface area contributed by atoms with Gasteiger partial charge < -0.3 is 40.3 Å². The molecule has 2 aliphatic rings. The van der Waals surface area contributed by atoms with Crippen molar-refractivity contribution in [1.82, 2.24) is 19.5 Å². The van der Waals surface area contributed by atoms with Crippen molar-refractivity contribution in [3.05, 3.63) is 12.7 Å². The van der Waals surface area contributed by atoms with Gasteiger partial charge in [-0.2, -0.15) is 8.62 Å². The fourth-order valence-corrected chi connectivity index (χ4v) is 7.35. The van der Waals surface area contributed by atoms with Gasteiger partial charge in [0.2, 0.25) is 0 Å². The summed E-state index contributed by atoms with van der Waals surface area (Å²) < 4.78 is 53.1. The fourth-order valence-electron chi connectivity index (χ4n) is 4.33. The molecule has 18 nitrogen and oxygen atoms in total. The van der Waals surface area contributed by atoms with E-state index < -0.39 is 59.0 Å². The van der Waals surface area contributed by atoms with Crippen molar-refractivity contribution in [2.45, 2.75) is 37.4 Å². The molecular formula is C13H20N5O13P3. The normalized spacial score (nSPS) is 33.9. The summed E-state index contributed by atoms with van der Waals surface area (Å²) in [5, 5.41) is 22.5. The monoisotopic (exact) mass is 547 g/mol. The van der Waals surface area contributed by atoms with Crippen LogP contribution < -0.4 is 5.73 Å². The standard InChI is InChI=1S/C13H20N5O13P3/c1-11(2)12(19)6(3-28-33(24,25)31-34(26,27)30-32(21,22)23)29-10(13(11,12)20)18-5-17-7-8(14)15-4-16-9(7)18/h4-6,10,19-20H,3H2,1-2H3,(H,24,25)(H,26,27)(H2,14,15,16)(H2,21,22,23)/t6-,10-,12+,13-/m1/s1. The summed E-state index contributed by atoms with van der Waals surface area (Å²) in [5.74, 6) is 0.0447. The van der Waals surface area contributed by atoms with Crippen LogP contribution in [0.15, 0.2) is 12.7 Å². The van der Waals surface area contributed by atoms with Crippen LogP contribution in [0, 0.1) is 5.41 Å². The SMILES string of the molecule is CC1(C)[C@]2(O)[C@H](n3cnc4c(N)ncnc43)O[C@H](COP(=O)(O)OP(=O)(O)OP(=O)(O)O)[C@]12O. The molecule has 1 aliphatic carbocycles. The van der Waals surface area contributed by atoms with Crippen LogP contribution in [-0.2, 0) is 31.6 Å². The lowest BCUT2D eigenvalue weighted by molar-refractivity contribution is -0.122. The maximum atomic E-state index is 12.1. The zero-order valence-corrected chi connectivity index (χ0v) is 19.9. The summed E-state index contributed by atoms with van der Waals surface area (Å²) in [5.41, 5.74) is 0.821. The Labute approximate surface area is 189 Å². The van der Waals surface area contributed by atoms with E-state index in [9.17, 15) is 33.7 Å². The second-order valence-corrected chi connectivity index (χ2v) is 12.5. The van der Waals surface area contributed by atoms with E-state index in [4.69, 9.17) is 20.3 Å². The first kappa shape index (κ1) is 25.7. The highest BCUT2D eigenvalue weighted by atomic mass is 31.3. The Hall–Kier alpha value is -1.36. The molecule has 3 heterocycles. The number of ether oxygens (including phenoxy) is 1. The zero-order valence-electron chi connectivity index (χ0n) is 17.3. The molecule has 4 rings (SSSR count). The predicted octanol–water partition coefficient (Wildman–Crippen LogP) is -0.849. The molecular weight excluding hydrogens is 527 g/mol. The first-order chi connectivity index (χ1) is 15.4. The van der Waals surface area contributed by atoms with E-state index in [-0.39, 0.29) is 17.0 Å². The molecule has 6 atom stereocenters. The van der Waals surface area contributed by atoms with Crippen molar-refractivity contribution in [1.29, 1.82) is 0 Å². The van der Waals surface area contributed by atoms with Crippen molar-refractivity contribution >= 4 is 40.4 Å². The molecule has 1 saturated carbocycles. The number of phosphoric acid groups is 3. The average Bonchev–Trinajstić information content (AvgIpc) is 3.01. The Kier molecular flexibility index (Phi) is 5.73. The van der Waals surface area contributed by atoms with Crippen molar-refractivity contribution in [2.24, 2.45) is 5.41 Å². The number of nitrogens with zero attached hydrogens (tertiary/aromatic N) is 4. The number of imidazole rings is 1. The van der Waals surface area contributed by atoms with Crippen molar-refractivity contribution in [3.8, 4) is 0 Å². The lowest BCUT2D eigenvalue weighted by Crippen LogP contribution is -2.37. The summed E-state index contributed by atoms with van der Waals surface area (Å²) >= 11 is 0. The molecule has 34 heavy (non-hydrogen) atoms. The fraction of sp³-hybridized carbons (Fsp3) is 0.615. The Morgan fingerprint density at radius 1 is 1.06 bits per heavy atom. The van der Waals surface area contributed by atoms with Crippen molar-refractivity contribution in [3.63, 3.8) is 0 Å². The van der Waals surface area contributed by atoms with E-state index in [2.05, 4.69) is 28.1 Å². The van der Waals surface area contributed by atoms with Gasteiger partial charge in [-0.3, -0.25) is 9.09 Å². The first-order valence-corrected chi connectivity index (χ1v) is 13.7. The van der Waals surface area contributed by atoms with E-state index >= 15 is 0 Å². The minimum absolute atomic E-state index is 0.0447. The maximum Gasteiger partial charge on any atom is 0.490 e. The van der Waals surface area contributed by atoms with E-state index in [0.29, 0.717) is 0 Å². The average molecular weight is 547 g/mol. The Morgan fingerprint density at radius 2 is 1.71 bits per heavy atom. The second kappa shape index (κ2) is 7.57. The summed E-state index contributed by atoms with van der Waals surface area (Å²) in [6.07, 6.45) is -0.454. The molecule has 190 valence electrons. The lowest BCUT2D eigenvalue weighted by Gasteiger charge is -2.28. The van der Waals surface area contributed by atoms with Crippen LogP contribution in [0.1, 0.15) is 20.1 Å². The molecule has 0 amide bonds. The molecule has 2 aromatic heterocycles. The molecule has 0 radical (unpaired) electrons. The lowest BCUT2D eigenvalue weighted by atomic mass is 10.0. The smallest absolute Gasteiger partial charge is 0.383 e. The first-order valence-electron chi connectivity index (χ1n) is 9.18. The van der Waals surface area contributed by atoms with Crippen LogP contribution in [0.4, 0.5) is 5.82 Å². The third kappa shape index (κ3) is 3.76. The summed E-state index contributed by atoms with van der Waals surface area (Å²) in [4.78, 5) is 48.0. The summed E-state index contributed by atoms with van der Waals surface area (Å²) in [7, 11) is -16.8. The third-order valence-corrected chi connectivity index (χ3v) is 9.79. The van der Waals surface area contributed by atoms with E-state index in [1.165, 1.54) is 24.7 Å². The minimum Gasteiger partial charge on any atom is -0.383 e. The van der Waals surface area contributed by atoms with Gasteiger partial charge in [-0.05, 0) is 0 Å². The molecule has 0 aromatic carbocycles. The number of fused-ring (bicyclic) bond motifs is 2. The highest BCUT2D eigenvalue weighted by Gasteiger charge is 2.92. The molecule has 8 N–H and O–H groups in total. The van der Waals surface area contributed by atoms with E-state index in [0.717, 1.165) is 6.33 Å². The number of anilines is 1. The quantitative estimate of drug-likeness (QED) is 0.198. The molecule has 1 saturated heterocycles. The number of aliphatic hydroxyl groups is 2. The molecule has 0 spiro atoms. The van der Waals surface area contributed by atoms with Crippen LogP contribution in [-0.4, -0.2) is 73.2 Å². The third-order valence-electron chi connectivity index (χ3n) is 5.99. The molecule has 2 aromatic rings. The number of hydrogen-bond acceptors (Lipinski definition) is 13. The van der Waals surface area contributed by atoms with Crippen LogP contribution in [0.2, 0.25) is 0 Å². The van der Waals surface area contributed by atoms with Gasteiger partial charge in [0.15, 0.2) is 17.7 Å². The number of nitrogen functional groups attached to an aromatic ring is 1. The highest BCUT2D eigenvalue weighted by Crippen LogP contribution is 2.76. The van der Waals surface area contributed by atoms with Gasteiger partial charge in [-0.15, -0.1) is 0 Å². The maximum absolute atomic E-state index is 12.1. The highest BCUT2D eigenvalue weighted by molar-refractivity contribution is 7.66. The van der Waals surface area contributed by atoms with Crippen LogP contribution in [0.25, 0.3) is 11.2 Å². The van der Waals surface area contributed by atoms with E-state index in [1.54, 1.807) is 0 Å². The molecule has 0 bridgehead atoms. The number of rotatable bonds is 8. The predicted molar refractivity (Wildman–Crippen MR) is 107 cm³/mol. The Bertz CT molecular complexity index is 1300. The number of phosphoric ester groups is 1. The van der Waals surface area contributed by atoms with Gasteiger partial charge in [0, 0.05) is 5.41 Å². The van der Waals surface area contributed by atoms with Gasteiger partial charge in [0.1, 0.15) is 29.2 Å². The second-order valence-electron chi connectivity index (χ2n) is 8.10. The summed E-state index contributed by atoms with van der Waals surface area (Å²) in [6, 6.07) is 0. The minimum atomic E-state index is -5.73. The molecule has 21 heteroatoms. The molecule has 1 aliphatic heterocycles. The molecule has 2 unspecified atom stereocenters. The largest absolute Gasteiger partial charge is 0.490 e. The van der Waals surface area contributed by atoms with Gasteiger partial charge in [0.05, 0.1) is 12.9 Å². The van der Waals surface area contributed by atoms with Gasteiger partial charge in [-0.25, -0.2) is 28.6 Å². The van der Waals surface area contributed by atoms with Gasteiger partial charge in [-0.1, -0.05) is 13.8 Å². The van der Waals surface area contributed by atoms with Crippen LogP contribution >= 0.6 is 23.5 Å². The topological polar surface area (TPSA) is 279 Å². The van der Waals surface area contributed by atoms with Crippen LogP contribution in [0.5, 0.6) is 0 Å². The van der Waals surface area contributed by atoms with Gasteiger partial charge in [0.25, 0.3) is 0 Å².